The number of H-pyrrole nitrogens is 1. The minimum Gasteiger partial charge on any atom is -0.347 e. The number of aromatic amines is 1. The van der Waals surface area contributed by atoms with Gasteiger partial charge in [0.2, 0.25) is 10.0 Å². The van der Waals surface area contributed by atoms with E-state index in [4.69, 9.17) is 5.73 Å². The van der Waals surface area contributed by atoms with Gasteiger partial charge in [-0.15, -0.1) is 0 Å². The molecule has 0 saturated heterocycles. The van der Waals surface area contributed by atoms with Crippen molar-refractivity contribution in [3.05, 3.63) is 47.5 Å². The molecule has 0 atom stereocenters. The molecule has 2 rings (SSSR count). The summed E-state index contributed by atoms with van der Waals surface area (Å²) in [7, 11) is -3.55. The van der Waals surface area contributed by atoms with Gasteiger partial charge in [0.25, 0.3) is 0 Å². The van der Waals surface area contributed by atoms with Crippen LogP contribution in [0.5, 0.6) is 0 Å². The van der Waals surface area contributed by atoms with Gasteiger partial charge in [0, 0.05) is 18.9 Å². The Kier molecular flexibility index (Phi) is 3.98. The van der Waals surface area contributed by atoms with Crippen LogP contribution in [0.1, 0.15) is 17.0 Å². The zero-order chi connectivity index (χ0) is 13.9. The molecule has 1 heterocycles. The molecule has 0 spiro atoms. The number of aromatic nitrogens is 2. The van der Waals surface area contributed by atoms with Crippen LogP contribution in [-0.2, 0) is 23.1 Å². The van der Waals surface area contributed by atoms with Crippen LogP contribution in [-0.4, -0.2) is 18.4 Å². The van der Waals surface area contributed by atoms with Crippen molar-refractivity contribution in [3.8, 4) is 0 Å². The molecule has 1 aromatic heterocycles. The maximum atomic E-state index is 12.1. The van der Waals surface area contributed by atoms with E-state index in [-0.39, 0.29) is 11.4 Å². The predicted octanol–water partition coefficient (Wildman–Crippen LogP) is 0.655. The third kappa shape index (κ3) is 3.19. The van der Waals surface area contributed by atoms with Crippen LogP contribution >= 0.6 is 0 Å². The van der Waals surface area contributed by atoms with E-state index >= 15 is 0 Å². The average molecular weight is 280 g/mol. The number of benzene rings is 1. The summed E-state index contributed by atoms with van der Waals surface area (Å²) in [5.74, 6) is 0.565. The number of aryl methyl sites for hydroxylation is 1. The van der Waals surface area contributed by atoms with Gasteiger partial charge in [0.15, 0.2) is 0 Å². The van der Waals surface area contributed by atoms with Crippen molar-refractivity contribution in [3.63, 3.8) is 0 Å². The van der Waals surface area contributed by atoms with Crippen LogP contribution in [0, 0.1) is 6.92 Å². The molecule has 0 aliphatic carbocycles. The Morgan fingerprint density at radius 1 is 1.42 bits per heavy atom. The van der Waals surface area contributed by atoms with Gasteiger partial charge in [0.05, 0.1) is 11.4 Å². The highest BCUT2D eigenvalue weighted by Gasteiger charge is 2.15. The van der Waals surface area contributed by atoms with E-state index in [1.54, 1.807) is 30.6 Å². The Morgan fingerprint density at radius 2 is 2.21 bits per heavy atom. The SMILES string of the molecule is Cc1ccc(S(=O)(=O)NCc2ncc[nH]2)cc1CN. The fourth-order valence-corrected chi connectivity index (χ4v) is 2.71. The normalized spacial score (nSPS) is 11.7. The minimum atomic E-state index is -3.55. The molecule has 0 bridgehead atoms. The summed E-state index contributed by atoms with van der Waals surface area (Å²) >= 11 is 0. The van der Waals surface area contributed by atoms with Gasteiger partial charge in [-0.25, -0.2) is 18.1 Å². The number of sulfonamides is 1. The Balaban J connectivity index is 2.19. The van der Waals surface area contributed by atoms with Crippen LogP contribution in [0.3, 0.4) is 0 Å². The summed E-state index contributed by atoms with van der Waals surface area (Å²) in [6.07, 6.45) is 3.21. The molecule has 6 nitrogen and oxygen atoms in total. The molecule has 1 aromatic carbocycles. The van der Waals surface area contributed by atoms with E-state index in [1.165, 1.54) is 0 Å². The van der Waals surface area contributed by atoms with Crippen LogP contribution in [0.25, 0.3) is 0 Å². The number of rotatable bonds is 5. The molecule has 0 fully saturated rings. The first-order valence-corrected chi connectivity index (χ1v) is 7.29. The lowest BCUT2D eigenvalue weighted by atomic mass is 10.1. The minimum absolute atomic E-state index is 0.126. The van der Waals surface area contributed by atoms with E-state index in [0.29, 0.717) is 12.4 Å². The molecule has 19 heavy (non-hydrogen) atoms. The van der Waals surface area contributed by atoms with Gasteiger partial charge in [0.1, 0.15) is 5.82 Å². The van der Waals surface area contributed by atoms with Crippen molar-refractivity contribution in [1.29, 1.82) is 0 Å². The average Bonchev–Trinajstić information content (AvgIpc) is 2.90. The van der Waals surface area contributed by atoms with Gasteiger partial charge in [-0.3, -0.25) is 0 Å². The topological polar surface area (TPSA) is 101 Å². The monoisotopic (exact) mass is 280 g/mol. The van der Waals surface area contributed by atoms with E-state index in [1.807, 2.05) is 6.92 Å². The molecule has 0 unspecified atom stereocenters. The van der Waals surface area contributed by atoms with Gasteiger partial charge in [-0.2, -0.15) is 0 Å². The highest BCUT2D eigenvalue weighted by molar-refractivity contribution is 7.89. The van der Waals surface area contributed by atoms with Crippen molar-refractivity contribution in [2.75, 3.05) is 0 Å². The van der Waals surface area contributed by atoms with Crippen LogP contribution in [0.2, 0.25) is 0 Å². The lowest BCUT2D eigenvalue weighted by molar-refractivity contribution is 0.579. The smallest absolute Gasteiger partial charge is 0.240 e. The summed E-state index contributed by atoms with van der Waals surface area (Å²) in [4.78, 5) is 7.01. The Morgan fingerprint density at radius 3 is 2.84 bits per heavy atom. The first-order chi connectivity index (χ1) is 9.03. The van der Waals surface area contributed by atoms with Gasteiger partial charge >= 0.3 is 0 Å². The Bertz CT molecular complexity index is 650. The Hall–Kier alpha value is -1.70. The zero-order valence-electron chi connectivity index (χ0n) is 10.6. The molecular weight excluding hydrogens is 264 g/mol. The molecular formula is C12H16N4O2S. The lowest BCUT2D eigenvalue weighted by Gasteiger charge is -2.08. The standard InChI is InChI=1S/C12H16N4O2S/c1-9-2-3-11(6-10(9)7-13)19(17,18)16-8-12-14-4-5-15-12/h2-6,16H,7-8,13H2,1H3,(H,14,15). The third-order valence-electron chi connectivity index (χ3n) is 2.84. The second kappa shape index (κ2) is 5.52. The summed E-state index contributed by atoms with van der Waals surface area (Å²) in [5.41, 5.74) is 7.38. The van der Waals surface area contributed by atoms with E-state index in [9.17, 15) is 8.42 Å². The van der Waals surface area contributed by atoms with E-state index in [2.05, 4.69) is 14.7 Å². The second-order valence-electron chi connectivity index (χ2n) is 4.15. The fraction of sp³-hybridized carbons (Fsp3) is 0.250. The molecule has 0 aliphatic heterocycles. The van der Waals surface area contributed by atoms with Crippen LogP contribution in [0.4, 0.5) is 0 Å². The number of imidazole rings is 1. The van der Waals surface area contributed by atoms with Crippen molar-refractivity contribution in [1.82, 2.24) is 14.7 Å². The molecule has 4 N–H and O–H groups in total. The van der Waals surface area contributed by atoms with Crippen molar-refractivity contribution in [2.24, 2.45) is 5.73 Å². The van der Waals surface area contributed by atoms with Gasteiger partial charge in [-0.1, -0.05) is 6.07 Å². The Labute approximate surface area is 112 Å². The molecule has 0 amide bonds. The fourth-order valence-electron chi connectivity index (χ4n) is 1.68. The summed E-state index contributed by atoms with van der Waals surface area (Å²) in [6.45, 7) is 2.34. The molecule has 102 valence electrons. The first kappa shape index (κ1) is 13.7. The van der Waals surface area contributed by atoms with Crippen LogP contribution in [0.15, 0.2) is 35.5 Å². The zero-order valence-corrected chi connectivity index (χ0v) is 11.4. The maximum absolute atomic E-state index is 12.1. The largest absolute Gasteiger partial charge is 0.347 e. The third-order valence-corrected chi connectivity index (χ3v) is 4.23. The van der Waals surface area contributed by atoms with Gasteiger partial charge < -0.3 is 10.7 Å². The number of nitrogens with two attached hydrogens (primary N) is 1. The predicted molar refractivity (Wildman–Crippen MR) is 71.7 cm³/mol. The molecule has 0 saturated carbocycles. The summed E-state index contributed by atoms with van der Waals surface area (Å²) in [5, 5.41) is 0. The summed E-state index contributed by atoms with van der Waals surface area (Å²) < 4.78 is 26.7. The molecule has 0 radical (unpaired) electrons. The highest BCUT2D eigenvalue weighted by Crippen LogP contribution is 2.15. The number of nitrogens with zero attached hydrogens (tertiary/aromatic N) is 1. The molecule has 7 heteroatoms. The number of nitrogens with one attached hydrogen (secondary N) is 2. The quantitative estimate of drug-likeness (QED) is 0.748. The molecule has 0 aliphatic rings. The second-order valence-corrected chi connectivity index (χ2v) is 5.92. The van der Waals surface area contributed by atoms with E-state index < -0.39 is 10.0 Å². The van der Waals surface area contributed by atoms with Crippen molar-refractivity contribution < 1.29 is 8.42 Å². The lowest BCUT2D eigenvalue weighted by Crippen LogP contribution is -2.24. The number of hydrogen-bond donors (Lipinski definition) is 3. The van der Waals surface area contributed by atoms with Crippen LogP contribution < -0.4 is 10.5 Å². The van der Waals surface area contributed by atoms with Gasteiger partial charge in [-0.05, 0) is 30.2 Å². The first-order valence-electron chi connectivity index (χ1n) is 5.80. The maximum Gasteiger partial charge on any atom is 0.240 e. The van der Waals surface area contributed by atoms with E-state index in [0.717, 1.165) is 11.1 Å². The van der Waals surface area contributed by atoms with Crippen molar-refractivity contribution >= 4 is 10.0 Å². The van der Waals surface area contributed by atoms with Crippen molar-refractivity contribution in [2.45, 2.75) is 24.9 Å². The molecule has 2 aromatic rings. The highest BCUT2D eigenvalue weighted by atomic mass is 32.2. The summed E-state index contributed by atoms with van der Waals surface area (Å²) in [6, 6.07) is 4.92. The number of hydrogen-bond acceptors (Lipinski definition) is 4.